The summed E-state index contributed by atoms with van der Waals surface area (Å²) in [6.45, 7) is 0.221. The lowest BCUT2D eigenvalue weighted by Crippen LogP contribution is -2.44. The molecule has 9 nitrogen and oxygen atoms in total. The normalized spacial score (nSPS) is 28.3. The molecule has 0 radical (unpaired) electrons. The van der Waals surface area contributed by atoms with Gasteiger partial charge in [0.05, 0.1) is 40.6 Å². The largest absolute Gasteiger partial charge is 0.504 e. The summed E-state index contributed by atoms with van der Waals surface area (Å²) < 4.78 is 28.0. The van der Waals surface area contributed by atoms with Gasteiger partial charge in [-0.2, -0.15) is 0 Å². The molecule has 35 heavy (non-hydrogen) atoms. The molecular formula is C26H34O9. The van der Waals surface area contributed by atoms with Gasteiger partial charge < -0.3 is 44.1 Å². The Labute approximate surface area is 204 Å². The minimum atomic E-state index is -0.946. The van der Waals surface area contributed by atoms with Crippen molar-refractivity contribution < 1.29 is 44.1 Å². The number of phenolic OH excluding ortho intramolecular Hbond substituents is 1. The van der Waals surface area contributed by atoms with Gasteiger partial charge in [-0.05, 0) is 59.2 Å². The van der Waals surface area contributed by atoms with Crippen LogP contribution in [0.1, 0.15) is 29.0 Å². The zero-order valence-electron chi connectivity index (χ0n) is 20.2. The van der Waals surface area contributed by atoms with Crippen LogP contribution in [0.2, 0.25) is 0 Å². The van der Waals surface area contributed by atoms with Crippen molar-refractivity contribution in [2.75, 3.05) is 41.2 Å². The van der Waals surface area contributed by atoms with Crippen LogP contribution in [0.15, 0.2) is 30.3 Å². The van der Waals surface area contributed by atoms with Crippen molar-refractivity contribution in [2.24, 2.45) is 11.8 Å². The quantitative estimate of drug-likeness (QED) is 0.438. The lowest BCUT2D eigenvalue weighted by atomic mass is 9.67. The smallest absolute Gasteiger partial charge is 0.183 e. The second kappa shape index (κ2) is 11.0. The molecule has 0 aromatic heterocycles. The molecular weight excluding hydrogens is 456 g/mol. The Kier molecular flexibility index (Phi) is 8.03. The van der Waals surface area contributed by atoms with Crippen molar-refractivity contribution in [1.82, 2.24) is 0 Å². The zero-order valence-corrected chi connectivity index (χ0v) is 20.2. The number of phenols is 1. The molecule has 2 aromatic carbocycles. The van der Waals surface area contributed by atoms with Crippen LogP contribution in [0.3, 0.4) is 0 Å². The summed E-state index contributed by atoms with van der Waals surface area (Å²) in [7, 11) is 4.66. The molecule has 0 spiro atoms. The summed E-state index contributed by atoms with van der Waals surface area (Å²) in [4.78, 5) is 0. The van der Waals surface area contributed by atoms with Gasteiger partial charge in [0.25, 0.3) is 0 Å². The van der Waals surface area contributed by atoms with Gasteiger partial charge in [0.1, 0.15) is 6.10 Å². The van der Waals surface area contributed by atoms with Crippen LogP contribution < -0.4 is 14.2 Å². The molecule has 1 saturated heterocycles. The Morgan fingerprint density at radius 1 is 0.971 bits per heavy atom. The van der Waals surface area contributed by atoms with E-state index in [0.29, 0.717) is 23.7 Å². The average molecular weight is 491 g/mol. The van der Waals surface area contributed by atoms with Crippen molar-refractivity contribution >= 4 is 0 Å². The van der Waals surface area contributed by atoms with E-state index in [-0.39, 0.29) is 49.7 Å². The number of methoxy groups -OCH3 is 3. The fraction of sp³-hybridized carbons (Fsp3) is 0.538. The first-order valence-corrected chi connectivity index (χ1v) is 11.7. The SMILES string of the molecule is COc1cc(C2c3cc(OC)c(OC)cc3CC(CO)C2CO[C@@H]2OC[C@@H](O)C[C@H]2O)ccc1O. The maximum absolute atomic E-state index is 10.4. The Bertz CT molecular complexity index is 1010. The number of benzene rings is 2. The topological polar surface area (TPSA) is 127 Å². The van der Waals surface area contributed by atoms with Gasteiger partial charge in [-0.3, -0.25) is 0 Å². The van der Waals surface area contributed by atoms with E-state index in [4.69, 9.17) is 23.7 Å². The average Bonchev–Trinajstić information content (AvgIpc) is 2.87. The first-order chi connectivity index (χ1) is 16.9. The summed E-state index contributed by atoms with van der Waals surface area (Å²) in [5.74, 6) is 0.982. The maximum Gasteiger partial charge on any atom is 0.183 e. The molecule has 2 aromatic rings. The molecule has 3 unspecified atom stereocenters. The van der Waals surface area contributed by atoms with Gasteiger partial charge in [-0.25, -0.2) is 0 Å². The highest BCUT2D eigenvalue weighted by molar-refractivity contribution is 5.54. The Balaban J connectivity index is 1.75. The zero-order chi connectivity index (χ0) is 25.1. The van der Waals surface area contributed by atoms with E-state index in [2.05, 4.69) is 0 Å². The number of aliphatic hydroxyl groups is 3. The number of hydrogen-bond acceptors (Lipinski definition) is 9. The number of fused-ring (bicyclic) bond motifs is 1. The third-order valence-corrected chi connectivity index (χ3v) is 7.03. The van der Waals surface area contributed by atoms with E-state index in [1.54, 1.807) is 26.4 Å². The van der Waals surface area contributed by atoms with Gasteiger partial charge in [0.2, 0.25) is 0 Å². The fourth-order valence-corrected chi connectivity index (χ4v) is 5.23. The molecule has 0 saturated carbocycles. The second-order valence-corrected chi connectivity index (χ2v) is 9.12. The lowest BCUT2D eigenvalue weighted by molar-refractivity contribution is -0.241. The molecule has 1 aliphatic carbocycles. The highest BCUT2D eigenvalue weighted by atomic mass is 16.7. The van der Waals surface area contributed by atoms with Crippen LogP contribution >= 0.6 is 0 Å². The molecule has 1 heterocycles. The maximum atomic E-state index is 10.4. The summed E-state index contributed by atoms with van der Waals surface area (Å²) in [5.41, 5.74) is 2.89. The summed E-state index contributed by atoms with van der Waals surface area (Å²) in [5, 5.41) is 40.6. The van der Waals surface area contributed by atoms with E-state index >= 15 is 0 Å². The number of aromatic hydroxyl groups is 1. The number of ether oxygens (including phenoxy) is 5. The van der Waals surface area contributed by atoms with Gasteiger partial charge in [0, 0.05) is 18.9 Å². The fourth-order valence-electron chi connectivity index (χ4n) is 5.23. The minimum absolute atomic E-state index is 0.0309. The van der Waals surface area contributed by atoms with Crippen LogP contribution in [-0.2, 0) is 15.9 Å². The number of rotatable bonds is 8. The molecule has 4 N–H and O–H groups in total. The molecule has 0 amide bonds. The molecule has 4 rings (SSSR count). The van der Waals surface area contributed by atoms with E-state index in [0.717, 1.165) is 16.7 Å². The molecule has 2 aliphatic rings. The molecule has 9 heteroatoms. The summed E-state index contributed by atoms with van der Waals surface area (Å²) >= 11 is 0. The van der Waals surface area contributed by atoms with Crippen LogP contribution in [-0.4, -0.2) is 80.1 Å². The highest BCUT2D eigenvalue weighted by Crippen LogP contribution is 2.48. The van der Waals surface area contributed by atoms with Crippen LogP contribution in [0.5, 0.6) is 23.0 Å². The van der Waals surface area contributed by atoms with E-state index < -0.39 is 18.5 Å². The first-order valence-electron chi connectivity index (χ1n) is 11.7. The Hall–Kier alpha value is -2.56. The minimum Gasteiger partial charge on any atom is -0.504 e. The van der Waals surface area contributed by atoms with Gasteiger partial charge in [-0.15, -0.1) is 0 Å². The summed E-state index contributed by atoms with van der Waals surface area (Å²) in [6, 6.07) is 9.09. The van der Waals surface area contributed by atoms with Crippen LogP contribution in [0.25, 0.3) is 0 Å². The van der Waals surface area contributed by atoms with Crippen molar-refractivity contribution in [3.8, 4) is 23.0 Å². The lowest BCUT2D eigenvalue weighted by Gasteiger charge is -2.41. The molecule has 0 bridgehead atoms. The van der Waals surface area contributed by atoms with Gasteiger partial charge >= 0.3 is 0 Å². The Morgan fingerprint density at radius 2 is 1.69 bits per heavy atom. The van der Waals surface area contributed by atoms with Gasteiger partial charge in [0.15, 0.2) is 29.3 Å². The van der Waals surface area contributed by atoms with Gasteiger partial charge in [-0.1, -0.05) is 6.07 Å². The van der Waals surface area contributed by atoms with Crippen molar-refractivity contribution in [3.05, 3.63) is 47.0 Å². The van der Waals surface area contributed by atoms with E-state index in [9.17, 15) is 20.4 Å². The van der Waals surface area contributed by atoms with Crippen LogP contribution in [0, 0.1) is 11.8 Å². The monoisotopic (exact) mass is 490 g/mol. The molecule has 1 fully saturated rings. The third-order valence-electron chi connectivity index (χ3n) is 7.03. The number of aliphatic hydroxyl groups excluding tert-OH is 3. The van der Waals surface area contributed by atoms with Crippen molar-refractivity contribution in [1.29, 1.82) is 0 Å². The molecule has 6 atom stereocenters. The van der Waals surface area contributed by atoms with E-state index in [1.165, 1.54) is 7.11 Å². The first kappa shape index (κ1) is 25.5. The number of hydrogen-bond donors (Lipinski definition) is 4. The summed E-state index contributed by atoms with van der Waals surface area (Å²) in [6.07, 6.45) is -1.76. The standard InChI is InChI=1S/C26H34O9/c1-31-22-7-14(4-5-20(22)29)25-18-10-24(33-3)23(32-2)8-15(18)6-16(11-27)19(25)13-35-26-21(30)9-17(28)12-34-26/h4-5,7-8,10,16-17,19,21,25-30H,6,9,11-13H2,1-3H3/t16?,17-,19?,21+,25?,26-/m0/s1. The molecule has 1 aliphatic heterocycles. The Morgan fingerprint density at radius 3 is 2.34 bits per heavy atom. The van der Waals surface area contributed by atoms with Crippen LogP contribution in [0.4, 0.5) is 0 Å². The third kappa shape index (κ3) is 5.19. The van der Waals surface area contributed by atoms with Crippen molar-refractivity contribution in [3.63, 3.8) is 0 Å². The predicted octanol–water partition coefficient (Wildman–Crippen LogP) is 1.82. The predicted molar refractivity (Wildman–Crippen MR) is 126 cm³/mol. The highest BCUT2D eigenvalue weighted by Gasteiger charge is 2.40. The van der Waals surface area contributed by atoms with E-state index in [1.807, 2.05) is 18.2 Å². The molecule has 192 valence electrons. The van der Waals surface area contributed by atoms with Crippen molar-refractivity contribution in [2.45, 2.75) is 37.3 Å². The second-order valence-electron chi connectivity index (χ2n) is 9.12.